The maximum atomic E-state index is 12.6. The number of hydrogen-bond donors (Lipinski definition) is 2. The number of hydrogen-bond acceptors (Lipinski definition) is 3. The van der Waals surface area contributed by atoms with E-state index in [2.05, 4.69) is 26.1 Å². The molecule has 4 nitrogen and oxygen atoms in total. The Bertz CT molecular complexity index is 510. The van der Waals surface area contributed by atoms with Crippen molar-refractivity contribution in [2.24, 2.45) is 17.3 Å². The van der Waals surface area contributed by atoms with Crippen LogP contribution in [0.15, 0.2) is 0 Å². The summed E-state index contributed by atoms with van der Waals surface area (Å²) >= 11 is 4.05. The molecule has 0 spiro atoms. The molecule has 0 radical (unpaired) electrons. The van der Waals surface area contributed by atoms with Gasteiger partial charge in [-0.15, -0.1) is 0 Å². The van der Waals surface area contributed by atoms with Gasteiger partial charge in [0.2, 0.25) is 5.91 Å². The fourth-order valence-corrected chi connectivity index (χ4v) is 8.34. The Morgan fingerprint density at radius 3 is 2.64 bits per heavy atom. The van der Waals surface area contributed by atoms with Crippen molar-refractivity contribution in [3.63, 3.8) is 0 Å². The second-order valence-corrected chi connectivity index (χ2v) is 11.3. The van der Waals surface area contributed by atoms with Crippen LogP contribution in [-0.4, -0.2) is 52.0 Å². The van der Waals surface area contributed by atoms with Gasteiger partial charge in [0.25, 0.3) is 0 Å². The third-order valence-electron chi connectivity index (χ3n) is 7.34. The summed E-state index contributed by atoms with van der Waals surface area (Å²) in [5.41, 5.74) is 0.328. The van der Waals surface area contributed by atoms with Crippen molar-refractivity contribution >= 4 is 21.8 Å². The quantitative estimate of drug-likeness (QED) is 0.682. The molecule has 2 N–H and O–H groups in total. The smallest absolute Gasteiger partial charge is 0.234 e. The summed E-state index contributed by atoms with van der Waals surface area (Å²) in [7, 11) is 0. The standard InChI is InChI=1S/C20H33BrN2O2/c1-14(24)17-4-2-3-5-23(17)11-18(25)22-13-19-7-15-6-16(8-19)10-20(21,9-15)12-19/h14-17,24H,2-13H2,1H3,(H,22,25). The molecular weight excluding hydrogens is 380 g/mol. The second-order valence-electron chi connectivity index (χ2n) is 9.66. The molecular formula is C20H33BrN2O2. The van der Waals surface area contributed by atoms with Gasteiger partial charge in [-0.25, -0.2) is 0 Å². The molecule has 4 bridgehead atoms. The second kappa shape index (κ2) is 6.79. The van der Waals surface area contributed by atoms with Gasteiger partial charge in [0.15, 0.2) is 0 Å². The van der Waals surface area contributed by atoms with Crippen LogP contribution in [-0.2, 0) is 4.79 Å². The van der Waals surface area contributed by atoms with Crippen molar-refractivity contribution in [3.05, 3.63) is 0 Å². The predicted molar refractivity (Wildman–Crippen MR) is 103 cm³/mol. The van der Waals surface area contributed by atoms with Crippen LogP contribution < -0.4 is 5.32 Å². The average molecular weight is 413 g/mol. The van der Waals surface area contributed by atoms with E-state index in [-0.39, 0.29) is 18.1 Å². The number of likely N-dealkylation sites (tertiary alicyclic amines) is 1. The molecule has 1 saturated heterocycles. The zero-order chi connectivity index (χ0) is 17.7. The van der Waals surface area contributed by atoms with Crippen molar-refractivity contribution in [1.29, 1.82) is 0 Å². The number of nitrogens with one attached hydrogen (secondary N) is 1. The van der Waals surface area contributed by atoms with Crippen LogP contribution in [0, 0.1) is 17.3 Å². The van der Waals surface area contributed by atoms with E-state index < -0.39 is 0 Å². The number of nitrogens with zero attached hydrogens (tertiary/aromatic N) is 1. The van der Waals surface area contributed by atoms with Crippen LogP contribution in [0.25, 0.3) is 0 Å². The summed E-state index contributed by atoms with van der Waals surface area (Å²) in [4.78, 5) is 14.8. The molecule has 0 aromatic heterocycles. The summed E-state index contributed by atoms with van der Waals surface area (Å²) in [6.45, 7) is 4.08. The summed E-state index contributed by atoms with van der Waals surface area (Å²) in [5, 5.41) is 13.3. The number of carbonyl (C=O) groups is 1. The first-order valence-electron chi connectivity index (χ1n) is 10.2. The molecule has 4 atom stereocenters. The molecule has 25 heavy (non-hydrogen) atoms. The highest BCUT2D eigenvalue weighted by Crippen LogP contribution is 2.64. The molecule has 1 aliphatic heterocycles. The minimum Gasteiger partial charge on any atom is -0.392 e. The lowest BCUT2D eigenvalue weighted by atomic mass is 9.49. The van der Waals surface area contributed by atoms with Gasteiger partial charge < -0.3 is 10.4 Å². The molecule has 4 unspecified atom stereocenters. The zero-order valence-corrected chi connectivity index (χ0v) is 17.1. The number of aliphatic hydroxyl groups is 1. The molecule has 4 saturated carbocycles. The maximum Gasteiger partial charge on any atom is 0.234 e. The first-order chi connectivity index (χ1) is 11.9. The van der Waals surface area contributed by atoms with Crippen molar-refractivity contribution in [2.45, 2.75) is 81.2 Å². The Morgan fingerprint density at radius 1 is 1.28 bits per heavy atom. The van der Waals surface area contributed by atoms with Gasteiger partial charge in [0, 0.05) is 16.9 Å². The third kappa shape index (κ3) is 3.79. The zero-order valence-electron chi connectivity index (χ0n) is 15.5. The van der Waals surface area contributed by atoms with Crippen LogP contribution >= 0.6 is 15.9 Å². The van der Waals surface area contributed by atoms with Crippen LogP contribution in [0.4, 0.5) is 0 Å². The van der Waals surface area contributed by atoms with Gasteiger partial charge in [-0.1, -0.05) is 22.4 Å². The lowest BCUT2D eigenvalue weighted by Crippen LogP contribution is -2.57. The van der Waals surface area contributed by atoms with Crippen molar-refractivity contribution in [1.82, 2.24) is 10.2 Å². The van der Waals surface area contributed by atoms with E-state index in [1.807, 2.05) is 6.92 Å². The SMILES string of the molecule is CC(O)C1CCCCN1CC(=O)NCC12CC3CC(CC(Br)(C3)C1)C2. The number of halogens is 1. The fraction of sp³-hybridized carbons (Fsp3) is 0.950. The summed E-state index contributed by atoms with van der Waals surface area (Å²) in [6.07, 6.45) is 10.9. The number of piperidine rings is 1. The highest BCUT2D eigenvalue weighted by Gasteiger charge is 2.56. The predicted octanol–water partition coefficient (Wildman–Crippen LogP) is 3.07. The van der Waals surface area contributed by atoms with E-state index in [9.17, 15) is 9.90 Å². The first-order valence-corrected chi connectivity index (χ1v) is 11.0. The third-order valence-corrected chi connectivity index (χ3v) is 8.27. The molecule has 1 heterocycles. The van der Waals surface area contributed by atoms with Gasteiger partial charge in [-0.2, -0.15) is 0 Å². The monoisotopic (exact) mass is 412 g/mol. The Labute approximate surface area is 160 Å². The molecule has 5 rings (SSSR count). The molecule has 5 aliphatic rings. The van der Waals surface area contributed by atoms with Crippen molar-refractivity contribution in [3.8, 4) is 0 Å². The van der Waals surface area contributed by atoms with Gasteiger partial charge >= 0.3 is 0 Å². The fourth-order valence-electron chi connectivity index (χ4n) is 6.83. The number of amides is 1. The van der Waals surface area contributed by atoms with Crippen LogP contribution in [0.2, 0.25) is 0 Å². The molecule has 1 amide bonds. The molecule has 4 aliphatic carbocycles. The molecule has 142 valence electrons. The molecule has 5 fully saturated rings. The van der Waals surface area contributed by atoms with E-state index >= 15 is 0 Å². The summed E-state index contributed by atoms with van der Waals surface area (Å²) in [5.74, 6) is 1.87. The minimum absolute atomic E-state index is 0.143. The highest BCUT2D eigenvalue weighted by atomic mass is 79.9. The van der Waals surface area contributed by atoms with E-state index in [0.29, 0.717) is 16.3 Å². The lowest BCUT2D eigenvalue weighted by Gasteiger charge is -2.60. The Morgan fingerprint density at radius 2 is 2.00 bits per heavy atom. The largest absolute Gasteiger partial charge is 0.392 e. The van der Waals surface area contributed by atoms with Crippen LogP contribution in [0.5, 0.6) is 0 Å². The number of rotatable bonds is 5. The van der Waals surface area contributed by atoms with Gasteiger partial charge in [-0.05, 0) is 82.1 Å². The molecule has 5 heteroatoms. The average Bonchev–Trinajstić information content (AvgIpc) is 2.51. The summed E-state index contributed by atoms with van der Waals surface area (Å²) in [6, 6.07) is 0.143. The Balaban J connectivity index is 1.33. The number of aliphatic hydroxyl groups excluding tert-OH is 1. The van der Waals surface area contributed by atoms with E-state index in [4.69, 9.17) is 0 Å². The maximum absolute atomic E-state index is 12.6. The normalized spacial score (nSPS) is 44.7. The highest BCUT2D eigenvalue weighted by molar-refractivity contribution is 9.10. The van der Waals surface area contributed by atoms with Crippen molar-refractivity contribution < 1.29 is 9.90 Å². The van der Waals surface area contributed by atoms with Gasteiger partial charge in [0.05, 0.1) is 12.6 Å². The van der Waals surface area contributed by atoms with Crippen LogP contribution in [0.1, 0.15) is 64.7 Å². The van der Waals surface area contributed by atoms with Gasteiger partial charge in [0.1, 0.15) is 0 Å². The number of carbonyl (C=O) groups excluding carboxylic acids is 1. The summed E-state index contributed by atoms with van der Waals surface area (Å²) < 4.78 is 0.353. The van der Waals surface area contributed by atoms with E-state index in [0.717, 1.165) is 44.2 Å². The molecule has 0 aromatic rings. The van der Waals surface area contributed by atoms with Crippen LogP contribution in [0.3, 0.4) is 0 Å². The first kappa shape index (κ1) is 18.2. The van der Waals surface area contributed by atoms with E-state index in [1.54, 1.807) is 0 Å². The topological polar surface area (TPSA) is 52.6 Å². The minimum atomic E-state index is -0.357. The molecule has 0 aromatic carbocycles. The lowest BCUT2D eigenvalue weighted by molar-refractivity contribution is -0.125. The van der Waals surface area contributed by atoms with E-state index in [1.165, 1.54) is 38.5 Å². The number of alkyl halides is 1. The van der Waals surface area contributed by atoms with Crippen molar-refractivity contribution in [2.75, 3.05) is 19.6 Å². The van der Waals surface area contributed by atoms with Gasteiger partial charge in [-0.3, -0.25) is 9.69 Å². The Kier molecular flexibility index (Phi) is 4.96. The Hall–Kier alpha value is -0.130.